The normalized spacial score (nSPS) is 20.2. The molecule has 5 heteroatoms. The fourth-order valence-electron chi connectivity index (χ4n) is 2.20. The number of hydrogen-bond donors (Lipinski definition) is 3. The summed E-state index contributed by atoms with van der Waals surface area (Å²) in [5.41, 5.74) is 1.04. The molecule has 0 aromatic carbocycles. The minimum Gasteiger partial charge on any atom is -0.375 e. The van der Waals surface area contributed by atoms with Gasteiger partial charge in [-0.3, -0.25) is 4.79 Å². The van der Waals surface area contributed by atoms with E-state index in [-0.39, 0.29) is 17.4 Å². The molecular weight excluding hydrogens is 242 g/mol. The maximum absolute atomic E-state index is 11.9. The summed E-state index contributed by atoms with van der Waals surface area (Å²) >= 11 is 0. The van der Waals surface area contributed by atoms with Crippen molar-refractivity contribution in [3.8, 4) is 0 Å². The number of aromatic nitrogens is 1. The van der Waals surface area contributed by atoms with Gasteiger partial charge in [-0.2, -0.15) is 0 Å². The summed E-state index contributed by atoms with van der Waals surface area (Å²) < 4.78 is 5.52. The zero-order valence-electron chi connectivity index (χ0n) is 11.7. The van der Waals surface area contributed by atoms with Crippen LogP contribution in [0.4, 0.5) is 0 Å². The lowest BCUT2D eigenvalue weighted by Gasteiger charge is -2.26. The minimum atomic E-state index is -0.0924. The summed E-state index contributed by atoms with van der Waals surface area (Å²) in [4.78, 5) is 15.1. The van der Waals surface area contributed by atoms with Gasteiger partial charge in [-0.15, -0.1) is 0 Å². The summed E-state index contributed by atoms with van der Waals surface area (Å²) in [6.45, 7) is 7.15. The van der Waals surface area contributed by atoms with Gasteiger partial charge in [0, 0.05) is 36.9 Å². The van der Waals surface area contributed by atoms with Gasteiger partial charge < -0.3 is 20.4 Å². The van der Waals surface area contributed by atoms with Crippen LogP contribution >= 0.6 is 0 Å². The topological polar surface area (TPSA) is 66.2 Å². The maximum Gasteiger partial charge on any atom is 0.222 e. The van der Waals surface area contributed by atoms with Gasteiger partial charge in [0.1, 0.15) is 0 Å². The van der Waals surface area contributed by atoms with Crippen molar-refractivity contribution in [2.24, 2.45) is 0 Å². The molecule has 1 aromatic rings. The van der Waals surface area contributed by atoms with Gasteiger partial charge in [0.15, 0.2) is 0 Å². The van der Waals surface area contributed by atoms with E-state index in [1.165, 1.54) is 0 Å². The van der Waals surface area contributed by atoms with Crippen LogP contribution in [0.15, 0.2) is 18.3 Å². The molecule has 0 aliphatic carbocycles. The fraction of sp³-hybridized carbons (Fsp3) is 0.643. The van der Waals surface area contributed by atoms with Crippen LogP contribution in [0.5, 0.6) is 0 Å². The lowest BCUT2D eigenvalue weighted by molar-refractivity contribution is -0.124. The second-order valence-corrected chi connectivity index (χ2v) is 5.65. The third-order valence-electron chi connectivity index (χ3n) is 3.47. The largest absolute Gasteiger partial charge is 0.375 e. The Morgan fingerprint density at radius 1 is 1.58 bits per heavy atom. The molecular formula is C14H23N3O2. The Labute approximate surface area is 114 Å². The molecule has 0 spiro atoms. The van der Waals surface area contributed by atoms with E-state index in [0.717, 1.165) is 18.8 Å². The van der Waals surface area contributed by atoms with Crippen molar-refractivity contribution < 1.29 is 9.53 Å². The Kier molecular flexibility index (Phi) is 4.61. The van der Waals surface area contributed by atoms with Gasteiger partial charge in [-0.25, -0.2) is 0 Å². The zero-order valence-corrected chi connectivity index (χ0v) is 11.7. The molecule has 1 aromatic heterocycles. The fourth-order valence-corrected chi connectivity index (χ4v) is 2.20. The van der Waals surface area contributed by atoms with Gasteiger partial charge in [0.25, 0.3) is 0 Å². The molecule has 1 aliphatic rings. The number of morpholine rings is 1. The second-order valence-electron chi connectivity index (χ2n) is 5.65. The number of nitrogens with one attached hydrogen (secondary N) is 3. The van der Waals surface area contributed by atoms with E-state index in [1.54, 1.807) is 0 Å². The molecule has 1 unspecified atom stereocenters. The first-order valence-corrected chi connectivity index (χ1v) is 6.81. The first-order valence-electron chi connectivity index (χ1n) is 6.81. The van der Waals surface area contributed by atoms with Gasteiger partial charge >= 0.3 is 0 Å². The van der Waals surface area contributed by atoms with E-state index in [1.807, 2.05) is 18.3 Å². The zero-order chi connectivity index (χ0) is 13.7. The van der Waals surface area contributed by atoms with Crippen LogP contribution in [-0.4, -0.2) is 43.2 Å². The summed E-state index contributed by atoms with van der Waals surface area (Å²) in [5.74, 6) is 0.0494. The third-order valence-corrected chi connectivity index (χ3v) is 3.47. The quantitative estimate of drug-likeness (QED) is 0.737. The van der Waals surface area contributed by atoms with Crippen molar-refractivity contribution in [3.63, 3.8) is 0 Å². The first kappa shape index (κ1) is 14.1. The van der Waals surface area contributed by atoms with Crippen LogP contribution in [0.1, 0.15) is 26.0 Å². The number of carbonyl (C=O) groups is 1. The highest BCUT2D eigenvalue weighted by Crippen LogP contribution is 2.20. The Morgan fingerprint density at radius 3 is 3.05 bits per heavy atom. The van der Waals surface area contributed by atoms with Gasteiger partial charge in [-0.05, 0) is 12.1 Å². The molecule has 1 saturated heterocycles. The predicted molar refractivity (Wildman–Crippen MR) is 74.1 cm³/mol. The highest BCUT2D eigenvalue weighted by Gasteiger charge is 2.23. The predicted octanol–water partition coefficient (Wildman–Crippen LogP) is 0.787. The summed E-state index contributed by atoms with van der Waals surface area (Å²) in [5, 5.41) is 6.22. The molecule has 2 rings (SSSR count). The average molecular weight is 265 g/mol. The van der Waals surface area contributed by atoms with E-state index in [4.69, 9.17) is 4.74 Å². The molecule has 1 atom stereocenters. The Bertz CT molecular complexity index is 395. The number of ether oxygens (including phenoxy) is 1. The lowest BCUT2D eigenvalue weighted by Crippen LogP contribution is -2.43. The molecule has 5 nitrogen and oxygen atoms in total. The van der Waals surface area contributed by atoms with Crippen molar-refractivity contribution in [2.75, 3.05) is 26.2 Å². The monoisotopic (exact) mass is 265 g/mol. The van der Waals surface area contributed by atoms with Gasteiger partial charge in [0.2, 0.25) is 5.91 Å². The molecule has 3 N–H and O–H groups in total. The van der Waals surface area contributed by atoms with E-state index < -0.39 is 0 Å². The SMILES string of the molecule is CC(C)(CNC(=O)CC1CNCCO1)c1ccc[nH]1. The molecule has 106 valence electrons. The third kappa shape index (κ3) is 4.08. The standard InChI is InChI=1S/C14H23N3O2/c1-14(2,12-4-3-5-16-12)10-17-13(18)8-11-9-15-6-7-19-11/h3-5,11,15-16H,6-10H2,1-2H3,(H,17,18). The lowest BCUT2D eigenvalue weighted by atomic mass is 9.89. The molecule has 2 heterocycles. The minimum absolute atomic E-state index is 0.00218. The second kappa shape index (κ2) is 6.21. The van der Waals surface area contributed by atoms with Crippen molar-refractivity contribution in [1.82, 2.24) is 15.6 Å². The molecule has 19 heavy (non-hydrogen) atoms. The number of carbonyl (C=O) groups excluding carboxylic acids is 1. The Hall–Kier alpha value is -1.33. The van der Waals surface area contributed by atoms with E-state index >= 15 is 0 Å². The average Bonchev–Trinajstić information content (AvgIpc) is 2.92. The van der Waals surface area contributed by atoms with Crippen LogP contribution in [0.3, 0.4) is 0 Å². The maximum atomic E-state index is 11.9. The molecule has 0 bridgehead atoms. The molecule has 1 amide bonds. The number of rotatable bonds is 5. The van der Waals surface area contributed by atoms with Crippen molar-refractivity contribution in [1.29, 1.82) is 0 Å². The number of hydrogen-bond acceptors (Lipinski definition) is 3. The van der Waals surface area contributed by atoms with Gasteiger partial charge in [0.05, 0.1) is 19.1 Å². The van der Waals surface area contributed by atoms with E-state index in [2.05, 4.69) is 29.5 Å². The molecule has 1 fully saturated rings. The summed E-state index contributed by atoms with van der Waals surface area (Å²) in [7, 11) is 0. The number of amides is 1. The van der Waals surface area contributed by atoms with Crippen LogP contribution < -0.4 is 10.6 Å². The highest BCUT2D eigenvalue weighted by molar-refractivity contribution is 5.76. The Balaban J connectivity index is 1.76. The van der Waals surface area contributed by atoms with Crippen molar-refractivity contribution in [3.05, 3.63) is 24.0 Å². The smallest absolute Gasteiger partial charge is 0.222 e. The van der Waals surface area contributed by atoms with E-state index in [0.29, 0.717) is 19.6 Å². The van der Waals surface area contributed by atoms with Crippen LogP contribution in [-0.2, 0) is 14.9 Å². The van der Waals surface area contributed by atoms with Crippen LogP contribution in [0, 0.1) is 0 Å². The molecule has 1 aliphatic heterocycles. The summed E-state index contributed by atoms with van der Waals surface area (Å²) in [6.07, 6.45) is 2.33. The first-order chi connectivity index (χ1) is 9.08. The van der Waals surface area contributed by atoms with Crippen LogP contribution in [0.25, 0.3) is 0 Å². The van der Waals surface area contributed by atoms with Gasteiger partial charge in [-0.1, -0.05) is 13.8 Å². The number of aromatic amines is 1. The van der Waals surface area contributed by atoms with E-state index in [9.17, 15) is 4.79 Å². The summed E-state index contributed by atoms with van der Waals surface area (Å²) in [6, 6.07) is 4.01. The molecule has 0 saturated carbocycles. The Morgan fingerprint density at radius 2 is 2.42 bits per heavy atom. The number of H-pyrrole nitrogens is 1. The highest BCUT2D eigenvalue weighted by atomic mass is 16.5. The van der Waals surface area contributed by atoms with Crippen molar-refractivity contribution in [2.45, 2.75) is 31.8 Å². The van der Waals surface area contributed by atoms with Crippen LogP contribution in [0.2, 0.25) is 0 Å². The van der Waals surface area contributed by atoms with Crippen molar-refractivity contribution >= 4 is 5.91 Å². The molecule has 0 radical (unpaired) electrons.